The molecule has 33 heavy (non-hydrogen) atoms. The fraction of sp³-hybridized carbons (Fsp3) is 0.348. The van der Waals surface area contributed by atoms with E-state index in [0.29, 0.717) is 0 Å². The minimum absolute atomic E-state index is 0.0154. The van der Waals surface area contributed by atoms with Crippen molar-refractivity contribution in [1.82, 2.24) is 14.9 Å². The van der Waals surface area contributed by atoms with Gasteiger partial charge in [-0.25, -0.2) is 4.98 Å². The van der Waals surface area contributed by atoms with E-state index in [1.807, 2.05) is 0 Å². The van der Waals surface area contributed by atoms with Gasteiger partial charge in [0.25, 0.3) is 5.91 Å². The number of fused-ring (bicyclic) bond motifs is 2. The summed E-state index contributed by atoms with van der Waals surface area (Å²) in [5.41, 5.74) is 5.49. The number of nitrogens with zero attached hydrogens (tertiary/aromatic N) is 4. The number of nitrogen functional groups attached to an aromatic ring is 1. The second kappa shape index (κ2) is 8.53. The van der Waals surface area contributed by atoms with Crippen LogP contribution >= 0.6 is 0 Å². The van der Waals surface area contributed by atoms with Gasteiger partial charge in [-0.15, -0.1) is 0 Å². The Labute approximate surface area is 211 Å². The van der Waals surface area contributed by atoms with Crippen molar-refractivity contribution in [3.05, 3.63) is 36.4 Å². The van der Waals surface area contributed by atoms with Crippen LogP contribution in [0.4, 0.5) is 11.8 Å². The molecule has 1 unspecified atom stereocenters. The van der Waals surface area contributed by atoms with Crippen LogP contribution < -0.4 is 29.6 Å². The number of rotatable bonds is 4. The summed E-state index contributed by atoms with van der Waals surface area (Å²) in [6.45, 7) is -11.1. The highest BCUT2D eigenvalue weighted by atomic mass is 16.6. The van der Waals surface area contributed by atoms with E-state index in [0.717, 1.165) is 4.90 Å². The molecule has 0 aliphatic carbocycles. The fourth-order valence-electron chi connectivity index (χ4n) is 3.05. The van der Waals surface area contributed by atoms with Gasteiger partial charge in [0, 0.05) is 37.5 Å². The molecular formula is C23H25N5O5. The number of amides is 1. The Morgan fingerprint density at radius 3 is 2.70 bits per heavy atom. The minimum atomic E-state index is -3.31. The Morgan fingerprint density at radius 2 is 1.94 bits per heavy atom. The largest absolute Gasteiger partial charge is 0.493 e. The lowest BCUT2D eigenvalue weighted by molar-refractivity contribution is -0.141. The van der Waals surface area contributed by atoms with Gasteiger partial charge in [0.15, 0.2) is 23.0 Å². The first kappa shape index (κ1) is 9.90. The summed E-state index contributed by atoms with van der Waals surface area (Å²) in [5.74, 6) is -5.23. The van der Waals surface area contributed by atoms with Gasteiger partial charge in [0.05, 0.1) is 40.2 Å². The number of benzene rings is 2. The van der Waals surface area contributed by atoms with E-state index in [9.17, 15) is 4.79 Å². The van der Waals surface area contributed by atoms with E-state index in [1.54, 1.807) is 0 Å². The monoisotopic (exact) mass is 466 g/mol. The van der Waals surface area contributed by atoms with E-state index >= 15 is 0 Å². The molecule has 2 aromatic carbocycles. The molecular weight excluding hydrogens is 426 g/mol. The molecule has 1 fully saturated rings. The maximum Gasteiger partial charge on any atom is 0.267 e. The number of anilines is 2. The average molecular weight is 467 g/mol. The number of piperazine rings is 1. The Kier molecular flexibility index (Phi) is 2.56. The van der Waals surface area contributed by atoms with Crippen molar-refractivity contribution in [1.29, 1.82) is 0 Å². The Balaban J connectivity index is 1.57. The van der Waals surface area contributed by atoms with E-state index in [-0.39, 0.29) is 16.4 Å². The number of carbonyl (C=O) groups excluding carboxylic acids is 1. The molecule has 0 saturated carbocycles. The highest BCUT2D eigenvalue weighted by Crippen LogP contribution is 2.34. The van der Waals surface area contributed by atoms with Gasteiger partial charge in [0.2, 0.25) is 12.0 Å². The second-order valence-electron chi connectivity index (χ2n) is 6.64. The predicted molar refractivity (Wildman–Crippen MR) is 122 cm³/mol. The smallest absolute Gasteiger partial charge is 0.267 e. The number of para-hydroxylation sites is 2. The van der Waals surface area contributed by atoms with Gasteiger partial charge >= 0.3 is 0 Å². The van der Waals surface area contributed by atoms with Crippen LogP contribution in [0.3, 0.4) is 0 Å². The van der Waals surface area contributed by atoms with Crippen molar-refractivity contribution in [2.75, 3.05) is 57.4 Å². The normalized spacial score (nSPS) is 31.9. The quantitative estimate of drug-likeness (QED) is 0.614. The zero-order chi connectivity index (χ0) is 36.0. The molecule has 172 valence electrons. The zero-order valence-electron chi connectivity index (χ0n) is 31.6. The summed E-state index contributed by atoms with van der Waals surface area (Å²) in [7, 11) is -6.47. The van der Waals surface area contributed by atoms with Gasteiger partial charge in [-0.2, -0.15) is 4.98 Å². The van der Waals surface area contributed by atoms with E-state index < -0.39 is 105 Å². The van der Waals surface area contributed by atoms with Crippen LogP contribution in [0.15, 0.2) is 36.4 Å². The summed E-state index contributed by atoms with van der Waals surface area (Å²) < 4.78 is 141. The third-order valence-corrected chi connectivity index (χ3v) is 4.64. The van der Waals surface area contributed by atoms with Gasteiger partial charge in [-0.05, 0) is 18.2 Å². The number of hydrogen-bond donors (Lipinski definition) is 1. The maximum absolute atomic E-state index is 13.8. The first-order chi connectivity index (χ1) is 21.8. The van der Waals surface area contributed by atoms with E-state index in [4.69, 9.17) is 45.2 Å². The molecule has 0 radical (unpaired) electrons. The Morgan fingerprint density at radius 1 is 1.21 bits per heavy atom. The van der Waals surface area contributed by atoms with Crippen LogP contribution in [0.2, 0.25) is 0 Å². The second-order valence-corrected chi connectivity index (χ2v) is 6.64. The number of hydrogen-bond acceptors (Lipinski definition) is 9. The number of nitrogens with two attached hydrogens (primary N) is 1. The van der Waals surface area contributed by atoms with Crippen molar-refractivity contribution < 1.29 is 44.3 Å². The van der Waals surface area contributed by atoms with Crippen LogP contribution in [0.1, 0.15) is 20.6 Å². The average Bonchev–Trinajstić information content (AvgIpc) is 2.91. The van der Waals surface area contributed by atoms with Gasteiger partial charge in [-0.3, -0.25) is 4.79 Å². The third-order valence-electron chi connectivity index (χ3n) is 4.64. The molecule has 3 aromatic rings. The number of aromatic nitrogens is 2. The summed E-state index contributed by atoms with van der Waals surface area (Å²) in [4.78, 5) is 22.7. The van der Waals surface area contributed by atoms with Gasteiger partial charge < -0.3 is 34.5 Å². The summed E-state index contributed by atoms with van der Waals surface area (Å²) >= 11 is 0. The topological polar surface area (TPSA) is 112 Å². The van der Waals surface area contributed by atoms with E-state index in [2.05, 4.69) is 9.97 Å². The molecule has 1 aromatic heterocycles. The first-order valence-corrected chi connectivity index (χ1v) is 9.33. The highest BCUT2D eigenvalue weighted by molar-refractivity contribution is 5.91. The lowest BCUT2D eigenvalue weighted by Crippen LogP contribution is -2.54. The van der Waals surface area contributed by atoms with Crippen LogP contribution in [0.5, 0.6) is 23.0 Å². The van der Waals surface area contributed by atoms with E-state index in [1.165, 1.54) is 24.3 Å². The first-order valence-electron chi connectivity index (χ1n) is 16.8. The molecule has 3 heterocycles. The molecule has 0 bridgehead atoms. The fourth-order valence-corrected chi connectivity index (χ4v) is 3.05. The highest BCUT2D eigenvalue weighted by Gasteiger charge is 2.33. The molecule has 1 atom stereocenters. The van der Waals surface area contributed by atoms with Crippen LogP contribution in [-0.2, 0) is 4.79 Å². The predicted octanol–water partition coefficient (Wildman–Crippen LogP) is 1.72. The lowest BCUT2D eigenvalue weighted by atomic mass is 10.2. The summed E-state index contributed by atoms with van der Waals surface area (Å²) in [5, 5.41) is -0.464. The van der Waals surface area contributed by atoms with Crippen LogP contribution in [-0.4, -0.2) is 73.6 Å². The van der Waals surface area contributed by atoms with Gasteiger partial charge in [-0.1, -0.05) is 12.1 Å². The summed E-state index contributed by atoms with van der Waals surface area (Å²) in [6.07, 6.45) is -3.31. The zero-order valence-corrected chi connectivity index (χ0v) is 16.6. The lowest BCUT2D eigenvalue weighted by Gasteiger charge is -2.37. The third kappa shape index (κ3) is 3.88. The van der Waals surface area contributed by atoms with Crippen molar-refractivity contribution in [2.45, 2.75) is 6.08 Å². The molecule has 2 aliphatic heterocycles. The van der Waals surface area contributed by atoms with Crippen LogP contribution in [0, 0.1) is 0 Å². The SMILES string of the molecule is [2H]c1c(OC([2H])([2H])[2H])c(OC([2H])([2H])[2H])c([2H])c2c(N)nc(N3CC([2H])([2H])N(C(=O)C4([2H])Oc5ccccc5OC4([2H])[2H])C([2H])([2H])C3)nc12. The molecule has 1 amide bonds. The van der Waals surface area contributed by atoms with Crippen molar-refractivity contribution in [2.24, 2.45) is 0 Å². The van der Waals surface area contributed by atoms with Crippen molar-refractivity contribution in [3.8, 4) is 23.0 Å². The maximum atomic E-state index is 13.8. The molecule has 10 heteroatoms. The number of methoxy groups -OCH3 is 2. The van der Waals surface area contributed by atoms with Crippen LogP contribution in [0.25, 0.3) is 10.9 Å². The summed E-state index contributed by atoms with van der Waals surface area (Å²) in [6, 6.07) is 3.77. The molecule has 0 spiro atoms. The number of ether oxygens (including phenoxy) is 4. The molecule has 2 N–H and O–H groups in total. The minimum Gasteiger partial charge on any atom is -0.493 e. The Hall–Kier alpha value is -3.95. The van der Waals surface area contributed by atoms with Gasteiger partial charge in [0.1, 0.15) is 12.4 Å². The number of carbonyl (C=O) groups is 1. The van der Waals surface area contributed by atoms with Crippen molar-refractivity contribution in [3.63, 3.8) is 0 Å². The standard InChI is InChI=1S/C23H25N5O5/c1-30-18-11-14-15(12-19(18)31-2)25-23(26-21(14)24)28-9-7-27(8-10-28)22(29)20-13-32-16-5-3-4-6-17(16)33-20/h3-6,11-12,20H,7-10,13H2,1-2H3,(H2,24,25,26)/i1D3,2D3,7D2,8D2,11D,12D,13D2,20D. The Bertz CT molecular complexity index is 1790. The molecule has 1 saturated heterocycles. The molecule has 10 nitrogen and oxygen atoms in total. The molecule has 2 aliphatic rings. The molecule has 5 rings (SSSR count). The van der Waals surface area contributed by atoms with Crippen molar-refractivity contribution >= 4 is 28.6 Å².